The average molecular weight is 384 g/mol. The van der Waals surface area contributed by atoms with Gasteiger partial charge in [0.2, 0.25) is 10.0 Å². The molecule has 4 rings (SSSR count). The Morgan fingerprint density at radius 1 is 1.15 bits per heavy atom. The van der Waals surface area contributed by atoms with Crippen LogP contribution >= 0.6 is 0 Å². The normalized spacial score (nSPS) is 18.4. The number of nitrogens with one attached hydrogen (secondary N) is 2. The van der Waals surface area contributed by atoms with E-state index in [0.29, 0.717) is 0 Å². The number of hydrogen-bond acceptors (Lipinski definition) is 3. The zero-order valence-electron chi connectivity index (χ0n) is 15.7. The lowest BCUT2D eigenvalue weighted by atomic mass is 10.0. The topological polar surface area (TPSA) is 65.2 Å². The van der Waals surface area contributed by atoms with Gasteiger partial charge in [0.1, 0.15) is 0 Å². The molecule has 2 aromatic carbocycles. The summed E-state index contributed by atoms with van der Waals surface area (Å²) < 4.78 is 25.8. The van der Waals surface area contributed by atoms with Crippen LogP contribution in [0.15, 0.2) is 48.5 Å². The Morgan fingerprint density at radius 3 is 2.67 bits per heavy atom. The molecule has 142 valence electrons. The van der Waals surface area contributed by atoms with E-state index in [1.54, 1.807) is 0 Å². The Balaban J connectivity index is 1.68. The Hall–Kier alpha value is -2.15. The van der Waals surface area contributed by atoms with Gasteiger partial charge in [0.15, 0.2) is 0 Å². The minimum atomic E-state index is -3.17. The molecule has 1 unspecified atom stereocenters. The van der Waals surface area contributed by atoms with Crippen molar-refractivity contribution in [2.75, 3.05) is 19.3 Å². The third-order valence-electron chi connectivity index (χ3n) is 5.25. The van der Waals surface area contributed by atoms with E-state index in [2.05, 4.69) is 64.0 Å². The standard InChI is InChI=1S/C21H25N3O2S/c1-15-7-6-10-18-19(14-24-12-11-17(13-24)23-27(2,25)26)21(22-20(15)18)16-8-4-3-5-9-16/h3-10,17,22-23H,11-14H2,1-2H3. The molecule has 27 heavy (non-hydrogen) atoms. The average Bonchev–Trinajstić information content (AvgIpc) is 3.20. The number of benzene rings is 2. The van der Waals surface area contributed by atoms with Crippen LogP contribution in [0.2, 0.25) is 0 Å². The van der Waals surface area contributed by atoms with E-state index in [9.17, 15) is 8.42 Å². The molecule has 1 aliphatic heterocycles. The summed E-state index contributed by atoms with van der Waals surface area (Å²) in [6.45, 7) is 4.55. The summed E-state index contributed by atoms with van der Waals surface area (Å²) in [5, 5.41) is 1.24. The molecule has 1 aliphatic rings. The summed E-state index contributed by atoms with van der Waals surface area (Å²) in [5.74, 6) is 0. The Morgan fingerprint density at radius 2 is 1.93 bits per heavy atom. The van der Waals surface area contributed by atoms with E-state index in [-0.39, 0.29) is 6.04 Å². The smallest absolute Gasteiger partial charge is 0.208 e. The third kappa shape index (κ3) is 3.93. The molecule has 0 bridgehead atoms. The summed E-state index contributed by atoms with van der Waals surface area (Å²) >= 11 is 0. The highest BCUT2D eigenvalue weighted by Gasteiger charge is 2.26. The van der Waals surface area contributed by atoms with Crippen molar-refractivity contribution in [3.63, 3.8) is 0 Å². The van der Waals surface area contributed by atoms with Gasteiger partial charge in [-0.1, -0.05) is 48.5 Å². The quantitative estimate of drug-likeness (QED) is 0.711. The second kappa shape index (κ2) is 7.11. The van der Waals surface area contributed by atoms with Crippen LogP contribution in [0.5, 0.6) is 0 Å². The van der Waals surface area contributed by atoms with Gasteiger partial charge >= 0.3 is 0 Å². The zero-order valence-corrected chi connectivity index (χ0v) is 16.5. The van der Waals surface area contributed by atoms with Crippen molar-refractivity contribution in [1.82, 2.24) is 14.6 Å². The predicted octanol–water partition coefficient (Wildman–Crippen LogP) is 3.27. The number of aromatic amines is 1. The molecule has 5 nitrogen and oxygen atoms in total. The number of aromatic nitrogens is 1. The number of hydrogen-bond donors (Lipinski definition) is 2. The highest BCUT2D eigenvalue weighted by molar-refractivity contribution is 7.88. The Bertz CT molecular complexity index is 1060. The molecule has 0 spiro atoms. The highest BCUT2D eigenvalue weighted by atomic mass is 32.2. The maximum Gasteiger partial charge on any atom is 0.208 e. The van der Waals surface area contributed by atoms with Crippen molar-refractivity contribution in [3.05, 3.63) is 59.7 Å². The lowest BCUT2D eigenvalue weighted by Gasteiger charge is -2.17. The first-order valence-electron chi connectivity index (χ1n) is 9.26. The van der Waals surface area contributed by atoms with E-state index in [1.165, 1.54) is 33.8 Å². The molecule has 0 radical (unpaired) electrons. The molecular formula is C21H25N3O2S. The van der Waals surface area contributed by atoms with Crippen molar-refractivity contribution in [2.45, 2.75) is 25.9 Å². The van der Waals surface area contributed by atoms with Crippen molar-refractivity contribution in [1.29, 1.82) is 0 Å². The lowest BCUT2D eigenvalue weighted by molar-refractivity contribution is 0.326. The molecule has 1 aromatic heterocycles. The molecule has 2 N–H and O–H groups in total. The first-order valence-corrected chi connectivity index (χ1v) is 11.1. The molecule has 0 saturated carbocycles. The minimum absolute atomic E-state index is 0.00730. The maximum atomic E-state index is 11.5. The van der Waals surface area contributed by atoms with Crippen molar-refractivity contribution < 1.29 is 8.42 Å². The second-order valence-corrected chi connectivity index (χ2v) is 9.23. The number of rotatable bonds is 5. The number of para-hydroxylation sites is 1. The number of H-pyrrole nitrogens is 1. The minimum Gasteiger partial charge on any atom is -0.354 e. The van der Waals surface area contributed by atoms with E-state index < -0.39 is 10.0 Å². The van der Waals surface area contributed by atoms with Crippen molar-refractivity contribution in [3.8, 4) is 11.3 Å². The largest absolute Gasteiger partial charge is 0.354 e. The second-order valence-electron chi connectivity index (χ2n) is 7.45. The van der Waals surface area contributed by atoms with Crippen LogP contribution in [-0.4, -0.2) is 43.7 Å². The molecule has 0 amide bonds. The van der Waals surface area contributed by atoms with Crippen LogP contribution in [0, 0.1) is 6.92 Å². The molecule has 6 heteroatoms. The number of likely N-dealkylation sites (tertiary alicyclic amines) is 1. The van der Waals surface area contributed by atoms with Crippen LogP contribution in [-0.2, 0) is 16.6 Å². The van der Waals surface area contributed by atoms with Crippen LogP contribution < -0.4 is 4.72 Å². The Labute approximate surface area is 160 Å². The van der Waals surface area contributed by atoms with Crippen LogP contribution in [0.1, 0.15) is 17.5 Å². The first kappa shape index (κ1) is 18.2. The van der Waals surface area contributed by atoms with Crippen LogP contribution in [0.3, 0.4) is 0 Å². The summed E-state index contributed by atoms with van der Waals surface area (Å²) in [4.78, 5) is 5.97. The molecule has 2 heterocycles. The van der Waals surface area contributed by atoms with Crippen molar-refractivity contribution >= 4 is 20.9 Å². The summed E-state index contributed by atoms with van der Waals surface area (Å²) in [7, 11) is -3.17. The first-order chi connectivity index (χ1) is 12.9. The third-order valence-corrected chi connectivity index (χ3v) is 6.01. The van der Waals surface area contributed by atoms with Gasteiger partial charge in [-0.05, 0) is 30.0 Å². The SMILES string of the molecule is Cc1cccc2c(CN3CCC(NS(C)(=O)=O)C3)c(-c3ccccc3)[nH]c12. The van der Waals surface area contributed by atoms with E-state index in [4.69, 9.17) is 0 Å². The molecule has 1 fully saturated rings. The molecule has 0 aliphatic carbocycles. The fourth-order valence-electron chi connectivity index (χ4n) is 4.03. The molecular weight excluding hydrogens is 358 g/mol. The van der Waals surface area contributed by atoms with Crippen LogP contribution in [0.4, 0.5) is 0 Å². The molecule has 3 aromatic rings. The van der Waals surface area contributed by atoms with Gasteiger partial charge in [0, 0.05) is 36.6 Å². The lowest BCUT2D eigenvalue weighted by Crippen LogP contribution is -2.36. The highest BCUT2D eigenvalue weighted by Crippen LogP contribution is 2.33. The summed E-state index contributed by atoms with van der Waals surface area (Å²) in [6, 6.07) is 16.8. The fourth-order valence-corrected chi connectivity index (χ4v) is 4.83. The van der Waals surface area contributed by atoms with Gasteiger partial charge in [-0.3, -0.25) is 4.90 Å². The van der Waals surface area contributed by atoms with Gasteiger partial charge in [-0.2, -0.15) is 0 Å². The number of nitrogens with zero attached hydrogens (tertiary/aromatic N) is 1. The maximum absolute atomic E-state index is 11.5. The van der Waals surface area contributed by atoms with Gasteiger partial charge in [0.25, 0.3) is 0 Å². The van der Waals surface area contributed by atoms with Gasteiger partial charge in [-0.15, -0.1) is 0 Å². The predicted molar refractivity (Wildman–Crippen MR) is 110 cm³/mol. The zero-order chi connectivity index (χ0) is 19.0. The van der Waals surface area contributed by atoms with Gasteiger partial charge in [-0.25, -0.2) is 13.1 Å². The van der Waals surface area contributed by atoms with Gasteiger partial charge < -0.3 is 4.98 Å². The van der Waals surface area contributed by atoms with E-state index in [1.807, 2.05) is 6.07 Å². The van der Waals surface area contributed by atoms with Crippen molar-refractivity contribution in [2.24, 2.45) is 0 Å². The molecule has 1 atom stereocenters. The number of aryl methyl sites for hydroxylation is 1. The van der Waals surface area contributed by atoms with E-state index in [0.717, 1.165) is 31.7 Å². The van der Waals surface area contributed by atoms with Crippen LogP contribution in [0.25, 0.3) is 22.2 Å². The van der Waals surface area contributed by atoms with E-state index >= 15 is 0 Å². The Kier molecular flexibility index (Phi) is 4.80. The summed E-state index contributed by atoms with van der Waals surface area (Å²) in [6.07, 6.45) is 2.07. The molecule has 1 saturated heterocycles. The number of fused-ring (bicyclic) bond motifs is 1. The van der Waals surface area contributed by atoms with Gasteiger partial charge in [0.05, 0.1) is 11.9 Å². The summed E-state index contributed by atoms with van der Waals surface area (Å²) in [5.41, 5.74) is 6.01. The fraction of sp³-hybridized carbons (Fsp3) is 0.333. The number of sulfonamides is 1. The monoisotopic (exact) mass is 383 g/mol.